The van der Waals surface area contributed by atoms with Gasteiger partial charge in [-0.15, -0.1) is 0 Å². The van der Waals surface area contributed by atoms with E-state index in [1.54, 1.807) is 41.9 Å². The van der Waals surface area contributed by atoms with Crippen molar-refractivity contribution in [3.05, 3.63) is 53.6 Å². The molecule has 0 radical (unpaired) electrons. The van der Waals surface area contributed by atoms with Crippen LogP contribution in [-0.2, 0) is 18.3 Å². The van der Waals surface area contributed by atoms with Gasteiger partial charge in [-0.25, -0.2) is 4.39 Å². The predicted molar refractivity (Wildman–Crippen MR) is 95.0 cm³/mol. The van der Waals surface area contributed by atoms with Crippen molar-refractivity contribution >= 4 is 11.8 Å². The second kappa shape index (κ2) is 7.68. The molecular weight excluding hydrogens is 335 g/mol. The zero-order valence-electron chi connectivity index (χ0n) is 15.0. The van der Waals surface area contributed by atoms with E-state index in [4.69, 9.17) is 0 Å². The molecule has 1 N–H and O–H groups in total. The highest BCUT2D eigenvalue weighted by molar-refractivity contribution is 5.94. The maximum atomic E-state index is 13.2. The van der Waals surface area contributed by atoms with Gasteiger partial charge in [0.05, 0.1) is 17.8 Å². The Morgan fingerprint density at radius 1 is 1.31 bits per heavy atom. The molecule has 1 saturated heterocycles. The fourth-order valence-corrected chi connectivity index (χ4v) is 3.52. The Morgan fingerprint density at radius 2 is 2.04 bits per heavy atom. The number of halogens is 1. The summed E-state index contributed by atoms with van der Waals surface area (Å²) in [5, 5.41) is 7.08. The van der Waals surface area contributed by atoms with Crippen molar-refractivity contribution in [3.8, 4) is 0 Å². The molecule has 0 bridgehead atoms. The first-order valence-corrected chi connectivity index (χ1v) is 8.75. The van der Waals surface area contributed by atoms with Crippen molar-refractivity contribution in [1.82, 2.24) is 20.0 Å². The summed E-state index contributed by atoms with van der Waals surface area (Å²) in [6.45, 7) is 2.21. The van der Waals surface area contributed by atoms with Gasteiger partial charge in [0, 0.05) is 32.8 Å². The van der Waals surface area contributed by atoms with E-state index < -0.39 is 0 Å². The van der Waals surface area contributed by atoms with E-state index in [9.17, 15) is 14.0 Å². The molecule has 3 rings (SSSR count). The van der Waals surface area contributed by atoms with E-state index in [-0.39, 0.29) is 29.7 Å². The van der Waals surface area contributed by atoms with Crippen LogP contribution < -0.4 is 5.32 Å². The summed E-state index contributed by atoms with van der Waals surface area (Å²) < 4.78 is 14.8. The van der Waals surface area contributed by atoms with E-state index in [1.165, 1.54) is 18.3 Å². The first-order valence-electron chi connectivity index (χ1n) is 8.75. The molecule has 1 aromatic carbocycles. The molecule has 2 amide bonds. The van der Waals surface area contributed by atoms with Gasteiger partial charge in [0.25, 0.3) is 5.91 Å². The minimum Gasteiger partial charge on any atom is -0.347 e. The standard InChI is InChI=1S/C19H23FN4O2/c1-13(25)24-9-3-4-17(22-19(26)15-11-21-23(2)12-15)18(24)10-14-5-7-16(20)8-6-14/h5-8,11-12,17-18H,3-4,9-10H2,1-2H3,(H,22,26)/t17-,18-/m0/s1. The number of aromatic nitrogens is 2. The molecule has 1 aliphatic heterocycles. The van der Waals surface area contributed by atoms with Crippen LogP contribution in [-0.4, -0.2) is 45.1 Å². The highest BCUT2D eigenvalue weighted by atomic mass is 19.1. The molecule has 1 fully saturated rings. The average Bonchev–Trinajstić information content (AvgIpc) is 3.04. The van der Waals surface area contributed by atoms with Crippen molar-refractivity contribution in [1.29, 1.82) is 0 Å². The monoisotopic (exact) mass is 358 g/mol. The molecule has 2 atom stereocenters. The van der Waals surface area contributed by atoms with Gasteiger partial charge in [-0.3, -0.25) is 14.3 Å². The second-order valence-corrected chi connectivity index (χ2v) is 6.74. The molecule has 6 nitrogen and oxygen atoms in total. The number of rotatable bonds is 4. The summed E-state index contributed by atoms with van der Waals surface area (Å²) in [5.74, 6) is -0.503. The third kappa shape index (κ3) is 4.09. The number of carbonyl (C=O) groups excluding carboxylic acids is 2. The van der Waals surface area contributed by atoms with Crippen LogP contribution >= 0.6 is 0 Å². The van der Waals surface area contributed by atoms with Crippen LogP contribution in [0.15, 0.2) is 36.7 Å². The quantitative estimate of drug-likeness (QED) is 0.908. The minimum absolute atomic E-state index is 0.0163. The van der Waals surface area contributed by atoms with Crippen LogP contribution in [0, 0.1) is 5.82 Å². The van der Waals surface area contributed by atoms with Crippen LogP contribution in [0.4, 0.5) is 4.39 Å². The molecule has 0 aliphatic carbocycles. The Kier molecular flexibility index (Phi) is 5.35. The Labute approximate surface area is 152 Å². The molecule has 0 unspecified atom stereocenters. The number of carbonyl (C=O) groups is 2. The number of benzene rings is 1. The van der Waals surface area contributed by atoms with Gasteiger partial charge >= 0.3 is 0 Å². The summed E-state index contributed by atoms with van der Waals surface area (Å²) in [6, 6.07) is 5.96. The van der Waals surface area contributed by atoms with Crippen LogP contribution in [0.25, 0.3) is 0 Å². The maximum Gasteiger partial charge on any atom is 0.254 e. The Morgan fingerprint density at radius 3 is 2.65 bits per heavy atom. The van der Waals surface area contributed by atoms with Gasteiger partial charge < -0.3 is 10.2 Å². The summed E-state index contributed by atoms with van der Waals surface area (Å²) in [6.07, 6.45) is 5.38. The number of hydrogen-bond acceptors (Lipinski definition) is 3. The fourth-order valence-electron chi connectivity index (χ4n) is 3.52. The maximum absolute atomic E-state index is 13.2. The van der Waals surface area contributed by atoms with E-state index in [2.05, 4.69) is 10.4 Å². The lowest BCUT2D eigenvalue weighted by Crippen LogP contribution is -2.57. The zero-order valence-corrected chi connectivity index (χ0v) is 15.0. The summed E-state index contributed by atoms with van der Waals surface area (Å²) >= 11 is 0. The zero-order chi connectivity index (χ0) is 18.7. The third-order valence-corrected chi connectivity index (χ3v) is 4.83. The molecule has 2 aromatic rings. The van der Waals surface area contributed by atoms with E-state index in [0.29, 0.717) is 18.5 Å². The average molecular weight is 358 g/mol. The summed E-state index contributed by atoms with van der Waals surface area (Å²) in [7, 11) is 1.76. The van der Waals surface area contributed by atoms with Crippen molar-refractivity contribution in [3.63, 3.8) is 0 Å². The third-order valence-electron chi connectivity index (χ3n) is 4.83. The fraction of sp³-hybridized carbons (Fsp3) is 0.421. The Balaban J connectivity index is 1.79. The first-order chi connectivity index (χ1) is 12.4. The van der Waals surface area contributed by atoms with Gasteiger partial charge in [-0.2, -0.15) is 5.10 Å². The molecule has 0 spiro atoms. The van der Waals surface area contributed by atoms with Crippen molar-refractivity contribution < 1.29 is 14.0 Å². The van der Waals surface area contributed by atoms with Crippen molar-refractivity contribution in [2.24, 2.45) is 7.05 Å². The molecule has 1 aromatic heterocycles. The molecule has 26 heavy (non-hydrogen) atoms. The highest BCUT2D eigenvalue weighted by Gasteiger charge is 2.34. The number of amides is 2. The SMILES string of the molecule is CC(=O)N1CCC[C@H](NC(=O)c2cnn(C)c2)[C@@H]1Cc1ccc(F)cc1. The topological polar surface area (TPSA) is 67.2 Å². The number of likely N-dealkylation sites (tertiary alicyclic amines) is 1. The van der Waals surface area contributed by atoms with Gasteiger partial charge in [-0.05, 0) is 37.0 Å². The smallest absolute Gasteiger partial charge is 0.254 e. The van der Waals surface area contributed by atoms with E-state index in [1.807, 2.05) is 0 Å². The molecular formula is C19H23FN4O2. The molecule has 7 heteroatoms. The Hall–Kier alpha value is -2.70. The van der Waals surface area contributed by atoms with Crippen molar-refractivity contribution in [2.45, 2.75) is 38.3 Å². The molecule has 138 valence electrons. The number of nitrogens with zero attached hydrogens (tertiary/aromatic N) is 3. The number of aryl methyl sites for hydroxylation is 1. The van der Waals surface area contributed by atoms with Crippen LogP contribution in [0.3, 0.4) is 0 Å². The lowest BCUT2D eigenvalue weighted by molar-refractivity contribution is -0.133. The summed E-state index contributed by atoms with van der Waals surface area (Å²) in [5.41, 5.74) is 1.43. The summed E-state index contributed by atoms with van der Waals surface area (Å²) in [4.78, 5) is 26.4. The van der Waals surface area contributed by atoms with Crippen LogP contribution in [0.1, 0.15) is 35.7 Å². The van der Waals surface area contributed by atoms with Gasteiger partial charge in [0.15, 0.2) is 0 Å². The highest BCUT2D eigenvalue weighted by Crippen LogP contribution is 2.22. The van der Waals surface area contributed by atoms with E-state index >= 15 is 0 Å². The molecule has 2 heterocycles. The van der Waals surface area contributed by atoms with Gasteiger partial charge in [-0.1, -0.05) is 12.1 Å². The minimum atomic E-state index is -0.290. The van der Waals surface area contributed by atoms with Crippen molar-refractivity contribution in [2.75, 3.05) is 6.54 Å². The largest absolute Gasteiger partial charge is 0.347 e. The van der Waals surface area contributed by atoms with Gasteiger partial charge in [0.2, 0.25) is 5.91 Å². The number of nitrogens with one attached hydrogen (secondary N) is 1. The lowest BCUT2D eigenvalue weighted by Gasteiger charge is -2.41. The number of piperidine rings is 1. The number of hydrogen-bond donors (Lipinski definition) is 1. The van der Waals surface area contributed by atoms with Crippen LogP contribution in [0.5, 0.6) is 0 Å². The first kappa shape index (κ1) is 18.1. The normalized spacial score (nSPS) is 20.0. The van der Waals surface area contributed by atoms with Gasteiger partial charge in [0.1, 0.15) is 5.82 Å². The van der Waals surface area contributed by atoms with E-state index in [0.717, 1.165) is 18.4 Å². The predicted octanol–water partition coefficient (Wildman–Crippen LogP) is 1.91. The lowest BCUT2D eigenvalue weighted by atomic mass is 9.90. The van der Waals surface area contributed by atoms with Crippen LogP contribution in [0.2, 0.25) is 0 Å². The molecule has 1 aliphatic rings. The second-order valence-electron chi connectivity index (χ2n) is 6.74. The Bertz CT molecular complexity index is 787. The molecule has 0 saturated carbocycles.